The molecule has 1 aromatic carbocycles. The van der Waals surface area contributed by atoms with Crippen molar-refractivity contribution in [3.05, 3.63) is 42.1 Å². The van der Waals surface area contributed by atoms with Crippen LogP contribution in [0.5, 0.6) is 0 Å². The van der Waals surface area contributed by atoms with Crippen molar-refractivity contribution in [1.82, 2.24) is 10.3 Å². The molecule has 3 N–H and O–H groups in total. The molecule has 5 nitrogen and oxygen atoms in total. The number of aliphatic hydroxyl groups is 2. The maximum atomic E-state index is 12.2. The Morgan fingerprint density at radius 1 is 1.26 bits per heavy atom. The minimum absolute atomic E-state index is 0.335. The Labute approximate surface area is 110 Å². The zero-order chi connectivity index (χ0) is 13.9. The van der Waals surface area contributed by atoms with E-state index in [0.29, 0.717) is 5.56 Å². The number of fused-ring (bicyclic) bond motifs is 1. The first-order valence-electron chi connectivity index (χ1n) is 5.97. The van der Waals surface area contributed by atoms with Crippen molar-refractivity contribution < 1.29 is 15.0 Å². The van der Waals surface area contributed by atoms with Gasteiger partial charge in [0.15, 0.2) is 0 Å². The van der Waals surface area contributed by atoms with Crippen molar-refractivity contribution in [3.63, 3.8) is 0 Å². The smallest absolute Gasteiger partial charge is 0.252 e. The summed E-state index contributed by atoms with van der Waals surface area (Å²) in [5.41, 5.74) is 0.158. The highest BCUT2D eigenvalue weighted by Crippen LogP contribution is 2.17. The summed E-state index contributed by atoms with van der Waals surface area (Å²) < 4.78 is 0. The van der Waals surface area contributed by atoms with Gasteiger partial charge in [0.1, 0.15) is 0 Å². The molecule has 0 saturated carbocycles. The Kier molecular flexibility index (Phi) is 3.78. The van der Waals surface area contributed by atoms with Gasteiger partial charge in [-0.3, -0.25) is 9.78 Å². The highest BCUT2D eigenvalue weighted by molar-refractivity contribution is 6.06. The van der Waals surface area contributed by atoms with E-state index in [4.69, 9.17) is 0 Å². The quantitative estimate of drug-likeness (QED) is 0.756. The highest BCUT2D eigenvalue weighted by atomic mass is 16.3. The third kappa shape index (κ3) is 2.72. The first-order valence-corrected chi connectivity index (χ1v) is 5.97. The van der Waals surface area contributed by atoms with Gasteiger partial charge in [0.2, 0.25) is 0 Å². The van der Waals surface area contributed by atoms with Gasteiger partial charge in [-0.25, -0.2) is 0 Å². The predicted octanol–water partition coefficient (Wildman–Crippen LogP) is 0.708. The molecule has 0 aliphatic heterocycles. The highest BCUT2D eigenvalue weighted by Gasteiger charge is 2.25. The molecule has 0 radical (unpaired) electrons. The zero-order valence-electron chi connectivity index (χ0n) is 10.6. The molecule has 100 valence electrons. The minimum Gasteiger partial charge on any atom is -0.394 e. The second-order valence-corrected chi connectivity index (χ2v) is 4.71. The Bertz CT molecular complexity index is 589. The summed E-state index contributed by atoms with van der Waals surface area (Å²) in [5, 5.41) is 21.8. The van der Waals surface area contributed by atoms with E-state index in [0.717, 1.165) is 10.9 Å². The van der Waals surface area contributed by atoms with E-state index in [1.807, 2.05) is 12.1 Å². The normalized spacial score (nSPS) is 11.5. The monoisotopic (exact) mass is 260 g/mol. The van der Waals surface area contributed by atoms with Crippen molar-refractivity contribution in [3.8, 4) is 0 Å². The molecule has 1 aromatic heterocycles. The molecule has 0 atom stereocenters. The number of nitrogens with zero attached hydrogens (tertiary/aromatic N) is 1. The lowest BCUT2D eigenvalue weighted by Gasteiger charge is -2.26. The van der Waals surface area contributed by atoms with Crippen molar-refractivity contribution in [2.24, 2.45) is 0 Å². The molecular weight excluding hydrogens is 244 g/mol. The van der Waals surface area contributed by atoms with Gasteiger partial charge in [-0.2, -0.15) is 0 Å². The van der Waals surface area contributed by atoms with Gasteiger partial charge in [-0.15, -0.1) is 0 Å². The molecular formula is C14H16N2O3. The molecule has 0 aliphatic rings. The number of pyridine rings is 1. The van der Waals surface area contributed by atoms with Crippen LogP contribution in [0.25, 0.3) is 10.9 Å². The van der Waals surface area contributed by atoms with Gasteiger partial charge in [0.25, 0.3) is 5.91 Å². The van der Waals surface area contributed by atoms with Crippen molar-refractivity contribution >= 4 is 16.8 Å². The number of hydrogen-bond donors (Lipinski definition) is 3. The largest absolute Gasteiger partial charge is 0.394 e. The van der Waals surface area contributed by atoms with E-state index in [2.05, 4.69) is 10.3 Å². The molecule has 2 rings (SSSR count). The SMILES string of the molecule is CC(CO)(CO)NC(=O)c1cccc2ncccc12. The summed E-state index contributed by atoms with van der Waals surface area (Å²) in [7, 11) is 0. The van der Waals surface area contributed by atoms with Crippen molar-refractivity contribution in [2.75, 3.05) is 13.2 Å². The number of rotatable bonds is 4. The van der Waals surface area contributed by atoms with Crippen LogP contribution in [0, 0.1) is 0 Å². The van der Waals surface area contributed by atoms with E-state index in [9.17, 15) is 15.0 Å². The van der Waals surface area contributed by atoms with E-state index in [1.54, 1.807) is 31.3 Å². The lowest BCUT2D eigenvalue weighted by molar-refractivity contribution is 0.0725. The summed E-state index contributed by atoms with van der Waals surface area (Å²) in [6.45, 7) is 0.908. The van der Waals surface area contributed by atoms with Crippen LogP contribution in [0.15, 0.2) is 36.5 Å². The molecule has 0 aliphatic carbocycles. The predicted molar refractivity (Wildman–Crippen MR) is 71.8 cm³/mol. The molecule has 1 amide bonds. The Hall–Kier alpha value is -1.98. The number of amides is 1. The minimum atomic E-state index is -1.04. The fourth-order valence-electron chi connectivity index (χ4n) is 1.77. The first-order chi connectivity index (χ1) is 9.09. The molecule has 0 spiro atoms. The average molecular weight is 260 g/mol. The van der Waals surface area contributed by atoms with Gasteiger partial charge in [0.05, 0.1) is 24.3 Å². The Balaban J connectivity index is 2.37. The molecule has 5 heteroatoms. The average Bonchev–Trinajstić information content (AvgIpc) is 2.46. The van der Waals surface area contributed by atoms with Gasteiger partial charge in [0, 0.05) is 17.1 Å². The van der Waals surface area contributed by atoms with Gasteiger partial charge >= 0.3 is 0 Å². The van der Waals surface area contributed by atoms with E-state index in [1.165, 1.54) is 0 Å². The summed E-state index contributed by atoms with van der Waals surface area (Å²) >= 11 is 0. The van der Waals surface area contributed by atoms with Crippen LogP contribution in [0.4, 0.5) is 0 Å². The number of hydrogen-bond acceptors (Lipinski definition) is 4. The Morgan fingerprint density at radius 3 is 2.68 bits per heavy atom. The first kappa shape index (κ1) is 13.5. The van der Waals surface area contributed by atoms with Gasteiger partial charge < -0.3 is 15.5 Å². The lowest BCUT2D eigenvalue weighted by Crippen LogP contribution is -2.51. The third-order valence-electron chi connectivity index (χ3n) is 3.00. The molecule has 0 fully saturated rings. The number of carbonyl (C=O) groups excluding carboxylic acids is 1. The molecule has 2 aromatic rings. The summed E-state index contributed by atoms with van der Waals surface area (Å²) in [6.07, 6.45) is 1.66. The van der Waals surface area contributed by atoms with Crippen LogP contribution in [0.1, 0.15) is 17.3 Å². The van der Waals surface area contributed by atoms with Crippen molar-refractivity contribution in [1.29, 1.82) is 0 Å². The summed E-state index contributed by atoms with van der Waals surface area (Å²) in [6, 6.07) is 8.83. The van der Waals surface area contributed by atoms with Crippen molar-refractivity contribution in [2.45, 2.75) is 12.5 Å². The van der Waals surface area contributed by atoms with Gasteiger partial charge in [-0.05, 0) is 25.1 Å². The molecule has 0 saturated heterocycles. The van der Waals surface area contributed by atoms with Crippen LogP contribution in [0.2, 0.25) is 0 Å². The van der Waals surface area contributed by atoms with Crippen LogP contribution in [-0.2, 0) is 0 Å². The zero-order valence-corrected chi connectivity index (χ0v) is 10.6. The molecule has 0 unspecified atom stereocenters. The number of aromatic nitrogens is 1. The van der Waals surface area contributed by atoms with Crippen LogP contribution < -0.4 is 5.32 Å². The number of carbonyl (C=O) groups is 1. The topological polar surface area (TPSA) is 82.5 Å². The fourth-order valence-corrected chi connectivity index (χ4v) is 1.77. The lowest BCUT2D eigenvalue weighted by atomic mass is 10.0. The van der Waals surface area contributed by atoms with Gasteiger partial charge in [-0.1, -0.05) is 12.1 Å². The van der Waals surface area contributed by atoms with Crippen LogP contribution in [-0.4, -0.2) is 39.9 Å². The molecule has 19 heavy (non-hydrogen) atoms. The number of aliphatic hydroxyl groups excluding tert-OH is 2. The third-order valence-corrected chi connectivity index (χ3v) is 3.00. The molecule has 0 bridgehead atoms. The molecule has 1 heterocycles. The van der Waals surface area contributed by atoms with E-state index < -0.39 is 5.54 Å². The van der Waals surface area contributed by atoms with E-state index >= 15 is 0 Å². The maximum Gasteiger partial charge on any atom is 0.252 e. The second-order valence-electron chi connectivity index (χ2n) is 4.71. The second kappa shape index (κ2) is 5.34. The summed E-state index contributed by atoms with van der Waals surface area (Å²) in [4.78, 5) is 16.4. The Morgan fingerprint density at radius 2 is 2.00 bits per heavy atom. The standard InChI is InChI=1S/C14H16N2O3/c1-14(8-17,9-18)16-13(19)11-4-2-6-12-10(11)5-3-7-15-12/h2-7,17-18H,8-9H2,1H3,(H,16,19). The summed E-state index contributed by atoms with van der Waals surface area (Å²) in [5.74, 6) is -0.343. The van der Waals surface area contributed by atoms with Crippen LogP contribution in [0.3, 0.4) is 0 Å². The maximum absolute atomic E-state index is 12.2. The van der Waals surface area contributed by atoms with Crippen LogP contribution >= 0.6 is 0 Å². The fraction of sp³-hybridized carbons (Fsp3) is 0.286. The number of benzene rings is 1. The van der Waals surface area contributed by atoms with E-state index in [-0.39, 0.29) is 19.1 Å². The number of nitrogens with one attached hydrogen (secondary N) is 1.